The number of carboxylic acids is 1. The lowest BCUT2D eigenvalue weighted by Gasteiger charge is -2.28. The van der Waals surface area contributed by atoms with Gasteiger partial charge in [-0.1, -0.05) is 30.3 Å². The molecule has 2 unspecified atom stereocenters. The zero-order valence-electron chi connectivity index (χ0n) is 17.2. The highest BCUT2D eigenvalue weighted by atomic mass is 35.5. The van der Waals surface area contributed by atoms with Crippen LogP contribution in [0.4, 0.5) is 0 Å². The number of rotatable bonds is 5. The van der Waals surface area contributed by atoms with E-state index in [4.69, 9.17) is 26.7 Å². The van der Waals surface area contributed by atoms with Crippen LogP contribution < -0.4 is 4.74 Å². The Morgan fingerprint density at radius 3 is 2.77 bits per heavy atom. The van der Waals surface area contributed by atoms with Crippen molar-refractivity contribution in [1.29, 1.82) is 5.41 Å². The molecule has 1 aliphatic heterocycles. The van der Waals surface area contributed by atoms with Gasteiger partial charge in [0.2, 0.25) is 0 Å². The van der Waals surface area contributed by atoms with Gasteiger partial charge >= 0.3 is 5.97 Å². The minimum absolute atomic E-state index is 0.138. The predicted molar refractivity (Wildman–Crippen MR) is 120 cm³/mol. The fourth-order valence-electron chi connectivity index (χ4n) is 3.85. The Kier molecular flexibility index (Phi) is 6.76. The van der Waals surface area contributed by atoms with Crippen molar-refractivity contribution >= 4 is 29.0 Å². The highest BCUT2D eigenvalue weighted by Gasteiger charge is 2.30. The van der Waals surface area contributed by atoms with Crippen LogP contribution in [0.3, 0.4) is 0 Å². The summed E-state index contributed by atoms with van der Waals surface area (Å²) in [7, 11) is 1.61. The molecule has 2 atom stereocenters. The third-order valence-corrected chi connectivity index (χ3v) is 5.89. The Balaban J connectivity index is 2.29. The summed E-state index contributed by atoms with van der Waals surface area (Å²) in [4.78, 5) is 16.3. The number of aliphatic imine (C=N–C) groups is 1. The third kappa shape index (κ3) is 4.64. The van der Waals surface area contributed by atoms with Gasteiger partial charge in [0.05, 0.1) is 25.3 Å². The summed E-state index contributed by atoms with van der Waals surface area (Å²) in [5.74, 6) is -0.427. The molecule has 0 saturated carbocycles. The maximum absolute atomic E-state index is 11.5. The Labute approximate surface area is 181 Å². The second-order valence-corrected chi connectivity index (χ2v) is 7.98. The predicted octanol–water partition coefficient (Wildman–Crippen LogP) is 5.41. The SMILES string of the molecule is C=C=C(C)C1CC(=N)C(CC(=O)O)N=C(C2=CC=C(Cl)CC2)c2cc(OC)ccc21. The first-order valence-corrected chi connectivity index (χ1v) is 10.2. The molecule has 1 aromatic carbocycles. The number of hydrogen-bond donors (Lipinski definition) is 2. The molecule has 5 nitrogen and oxygen atoms in total. The van der Waals surface area contributed by atoms with Crippen LogP contribution in [0.25, 0.3) is 0 Å². The van der Waals surface area contributed by atoms with E-state index in [1.165, 1.54) is 0 Å². The maximum atomic E-state index is 11.5. The fraction of sp³-hybridized carbons (Fsp3) is 0.333. The molecule has 0 spiro atoms. The van der Waals surface area contributed by atoms with Gasteiger partial charge in [-0.3, -0.25) is 9.79 Å². The molecule has 1 heterocycles. The summed E-state index contributed by atoms with van der Waals surface area (Å²) in [6.07, 6.45) is 5.32. The molecule has 0 saturated heterocycles. The van der Waals surface area contributed by atoms with Gasteiger partial charge in [-0.2, -0.15) is 0 Å². The van der Waals surface area contributed by atoms with Gasteiger partial charge in [-0.15, -0.1) is 5.73 Å². The summed E-state index contributed by atoms with van der Waals surface area (Å²) in [5, 5.41) is 18.8. The Morgan fingerprint density at radius 2 is 2.17 bits per heavy atom. The summed E-state index contributed by atoms with van der Waals surface area (Å²) in [6.45, 7) is 5.73. The molecule has 0 aromatic heterocycles. The van der Waals surface area contributed by atoms with Crippen LogP contribution in [-0.2, 0) is 4.79 Å². The highest BCUT2D eigenvalue weighted by molar-refractivity contribution is 6.30. The van der Waals surface area contributed by atoms with Crippen LogP contribution >= 0.6 is 11.6 Å². The first-order valence-electron chi connectivity index (χ1n) is 9.81. The fourth-order valence-corrected chi connectivity index (χ4v) is 4.01. The second kappa shape index (κ2) is 9.29. The number of nitrogens with zero attached hydrogens (tertiary/aromatic N) is 1. The molecule has 2 aliphatic rings. The van der Waals surface area contributed by atoms with Crippen LogP contribution in [0, 0.1) is 5.41 Å². The number of carbonyl (C=O) groups is 1. The van der Waals surface area contributed by atoms with Crippen molar-refractivity contribution in [2.75, 3.05) is 7.11 Å². The van der Waals surface area contributed by atoms with E-state index in [9.17, 15) is 9.90 Å². The molecule has 0 fully saturated rings. The number of hydrogen-bond acceptors (Lipinski definition) is 4. The molecule has 1 aromatic rings. The largest absolute Gasteiger partial charge is 0.497 e. The first kappa shape index (κ1) is 21.8. The number of ether oxygens (including phenoxy) is 1. The van der Waals surface area contributed by atoms with E-state index in [2.05, 4.69) is 12.3 Å². The van der Waals surface area contributed by atoms with Gasteiger partial charge in [0.25, 0.3) is 0 Å². The quantitative estimate of drug-likeness (QED) is 0.620. The lowest BCUT2D eigenvalue weighted by molar-refractivity contribution is -0.137. The van der Waals surface area contributed by atoms with Crippen LogP contribution in [0.1, 0.15) is 49.7 Å². The normalized spacial score (nSPS) is 21.2. The number of aliphatic carboxylic acids is 1. The minimum atomic E-state index is -0.979. The number of allylic oxidation sites excluding steroid dienone is 5. The number of methoxy groups -OCH3 is 1. The van der Waals surface area contributed by atoms with Gasteiger partial charge in [-0.05, 0) is 61.1 Å². The van der Waals surface area contributed by atoms with Gasteiger partial charge in [0, 0.05) is 22.2 Å². The molecule has 0 bridgehead atoms. The minimum Gasteiger partial charge on any atom is -0.497 e. The number of halogens is 1. The van der Waals surface area contributed by atoms with Crippen molar-refractivity contribution in [3.05, 3.63) is 70.0 Å². The molecule has 0 amide bonds. The summed E-state index contributed by atoms with van der Waals surface area (Å²) >= 11 is 6.16. The van der Waals surface area contributed by atoms with Crippen molar-refractivity contribution in [3.8, 4) is 5.75 Å². The van der Waals surface area contributed by atoms with Gasteiger partial charge in [-0.25, -0.2) is 0 Å². The number of fused-ring (bicyclic) bond motifs is 1. The van der Waals surface area contributed by atoms with Crippen LogP contribution in [-0.4, -0.2) is 35.7 Å². The molecule has 0 radical (unpaired) electrons. The van der Waals surface area contributed by atoms with Crippen molar-refractivity contribution in [2.24, 2.45) is 4.99 Å². The Bertz CT molecular complexity index is 1030. The summed E-state index contributed by atoms with van der Waals surface area (Å²) < 4.78 is 5.46. The first-order chi connectivity index (χ1) is 14.3. The zero-order chi connectivity index (χ0) is 21.8. The number of benzene rings is 1. The average molecular weight is 425 g/mol. The number of carboxylic acid groups (broad SMARTS) is 1. The van der Waals surface area contributed by atoms with Crippen molar-refractivity contribution < 1.29 is 14.6 Å². The van der Waals surface area contributed by atoms with E-state index < -0.39 is 12.0 Å². The lowest BCUT2D eigenvalue weighted by Crippen LogP contribution is -2.29. The van der Waals surface area contributed by atoms with Crippen LogP contribution in [0.2, 0.25) is 0 Å². The molecule has 6 heteroatoms. The standard InChI is InChI=1S/C24H25ClN2O3/c1-4-14(2)19-12-21(26)22(13-23(28)29)27-24(15-5-7-16(25)8-6-15)20-11-17(30-3)9-10-18(19)20/h5,7,9-11,19,22,26H,1,6,8,12-13H2,2-3H3,(H,28,29). The van der Waals surface area contributed by atoms with Crippen molar-refractivity contribution in [2.45, 2.75) is 44.6 Å². The summed E-state index contributed by atoms with van der Waals surface area (Å²) in [6, 6.07) is 5.09. The van der Waals surface area contributed by atoms with Crippen molar-refractivity contribution in [1.82, 2.24) is 0 Å². The highest BCUT2D eigenvalue weighted by Crippen LogP contribution is 2.37. The second-order valence-electron chi connectivity index (χ2n) is 7.49. The molecular formula is C24H25ClN2O3. The Hall–Kier alpha value is -2.88. The lowest BCUT2D eigenvalue weighted by atomic mass is 9.79. The molecule has 156 valence electrons. The number of nitrogens with one attached hydrogen (secondary N) is 1. The molecule has 30 heavy (non-hydrogen) atoms. The zero-order valence-corrected chi connectivity index (χ0v) is 17.9. The molecule has 2 N–H and O–H groups in total. The van der Waals surface area contributed by atoms with Crippen LogP contribution in [0.5, 0.6) is 5.75 Å². The van der Waals surface area contributed by atoms with E-state index in [0.29, 0.717) is 36.4 Å². The average Bonchev–Trinajstić information content (AvgIpc) is 2.73. The monoisotopic (exact) mass is 424 g/mol. The van der Waals surface area contributed by atoms with Crippen molar-refractivity contribution in [3.63, 3.8) is 0 Å². The van der Waals surface area contributed by atoms with E-state index in [1.54, 1.807) is 7.11 Å². The van der Waals surface area contributed by atoms with E-state index in [0.717, 1.165) is 27.3 Å². The topological polar surface area (TPSA) is 82.7 Å². The van der Waals surface area contributed by atoms with E-state index in [1.807, 2.05) is 37.3 Å². The van der Waals surface area contributed by atoms with Gasteiger partial charge in [0.15, 0.2) is 0 Å². The Morgan fingerprint density at radius 1 is 1.40 bits per heavy atom. The third-order valence-electron chi connectivity index (χ3n) is 5.57. The van der Waals surface area contributed by atoms with Crippen LogP contribution in [0.15, 0.2) is 63.8 Å². The molecular weight excluding hydrogens is 400 g/mol. The smallest absolute Gasteiger partial charge is 0.305 e. The maximum Gasteiger partial charge on any atom is 0.305 e. The van der Waals surface area contributed by atoms with Gasteiger partial charge in [0.1, 0.15) is 5.75 Å². The summed E-state index contributed by atoms with van der Waals surface area (Å²) in [5.41, 5.74) is 7.72. The van der Waals surface area contributed by atoms with Gasteiger partial charge < -0.3 is 15.3 Å². The van der Waals surface area contributed by atoms with E-state index >= 15 is 0 Å². The molecule has 3 rings (SSSR count). The van der Waals surface area contributed by atoms with E-state index in [-0.39, 0.29) is 12.3 Å². The molecule has 1 aliphatic carbocycles.